The van der Waals surface area contributed by atoms with Gasteiger partial charge in [0.25, 0.3) is 5.89 Å². The van der Waals surface area contributed by atoms with Crippen LogP contribution in [0.4, 0.5) is 0 Å². The van der Waals surface area contributed by atoms with Crippen LogP contribution in [0.3, 0.4) is 0 Å². The van der Waals surface area contributed by atoms with E-state index in [9.17, 15) is 5.11 Å². The molecule has 2 aromatic carbocycles. The van der Waals surface area contributed by atoms with Gasteiger partial charge in [-0.25, -0.2) is 0 Å². The number of aromatic nitrogens is 2. The van der Waals surface area contributed by atoms with Gasteiger partial charge in [0.05, 0.1) is 0 Å². The van der Waals surface area contributed by atoms with E-state index >= 15 is 0 Å². The zero-order valence-electron chi connectivity index (χ0n) is 12.8. The van der Waals surface area contributed by atoms with E-state index in [0.717, 1.165) is 16.7 Å². The normalized spacial score (nSPS) is 11.1. The molecule has 3 rings (SSSR count). The first-order chi connectivity index (χ1) is 11.2. The van der Waals surface area contributed by atoms with Crippen molar-refractivity contribution >= 4 is 0 Å². The molecule has 1 N–H and O–H groups in total. The molecule has 0 bridgehead atoms. The van der Waals surface area contributed by atoms with Crippen molar-refractivity contribution in [1.29, 1.82) is 0 Å². The van der Waals surface area contributed by atoms with Crippen LogP contribution in [0.25, 0.3) is 22.8 Å². The molecule has 0 saturated heterocycles. The zero-order chi connectivity index (χ0) is 16.2. The second-order valence-corrected chi connectivity index (χ2v) is 4.90. The molecule has 6 nitrogen and oxygen atoms in total. The lowest BCUT2D eigenvalue weighted by atomic mass is 10.1. The Morgan fingerprint density at radius 2 is 1.52 bits per heavy atom. The van der Waals surface area contributed by atoms with E-state index in [4.69, 9.17) is 14.0 Å². The van der Waals surface area contributed by atoms with E-state index in [1.807, 2.05) is 24.3 Å². The summed E-state index contributed by atoms with van der Waals surface area (Å²) < 4.78 is 15.7. The lowest BCUT2D eigenvalue weighted by molar-refractivity contribution is -0.106. The zero-order valence-corrected chi connectivity index (χ0v) is 12.8. The maximum absolute atomic E-state index is 9.31. The topological polar surface area (TPSA) is 77.6 Å². The Balaban J connectivity index is 1.84. The molecule has 0 aliphatic rings. The highest BCUT2D eigenvalue weighted by Gasteiger charge is 2.12. The minimum Gasteiger partial charge on any atom is -0.508 e. The summed E-state index contributed by atoms with van der Waals surface area (Å²) in [7, 11) is 3.18. The fourth-order valence-corrected chi connectivity index (χ4v) is 2.22. The Bertz CT molecular complexity index is 762. The van der Waals surface area contributed by atoms with E-state index in [1.54, 1.807) is 38.5 Å². The SMILES string of the molecule is COC(OC)c1ccc(-c2noc(-c3ccc(O)cc3)n2)cc1. The number of methoxy groups -OCH3 is 2. The molecule has 23 heavy (non-hydrogen) atoms. The Kier molecular flexibility index (Phi) is 4.36. The summed E-state index contributed by atoms with van der Waals surface area (Å²) in [5.74, 6) is 1.08. The third-order valence-corrected chi connectivity index (χ3v) is 3.41. The van der Waals surface area contributed by atoms with Crippen LogP contribution < -0.4 is 0 Å². The molecule has 0 amide bonds. The van der Waals surface area contributed by atoms with Gasteiger partial charge < -0.3 is 19.1 Å². The number of benzene rings is 2. The molecule has 118 valence electrons. The fraction of sp³-hybridized carbons (Fsp3) is 0.176. The fourth-order valence-electron chi connectivity index (χ4n) is 2.22. The molecule has 0 fully saturated rings. The van der Waals surface area contributed by atoms with E-state index in [-0.39, 0.29) is 5.75 Å². The summed E-state index contributed by atoms with van der Waals surface area (Å²) >= 11 is 0. The molecule has 0 atom stereocenters. The first-order valence-electron chi connectivity index (χ1n) is 7.00. The summed E-state index contributed by atoms with van der Waals surface area (Å²) in [6.45, 7) is 0. The van der Waals surface area contributed by atoms with Crippen LogP contribution in [0.1, 0.15) is 11.9 Å². The Morgan fingerprint density at radius 3 is 2.13 bits per heavy atom. The van der Waals surface area contributed by atoms with Crippen LogP contribution in [0, 0.1) is 0 Å². The number of aromatic hydroxyl groups is 1. The smallest absolute Gasteiger partial charge is 0.258 e. The van der Waals surface area contributed by atoms with Crippen LogP contribution in [0.5, 0.6) is 5.75 Å². The van der Waals surface area contributed by atoms with E-state index in [1.165, 1.54) is 0 Å². The molecule has 0 radical (unpaired) electrons. The van der Waals surface area contributed by atoms with E-state index in [0.29, 0.717) is 11.7 Å². The van der Waals surface area contributed by atoms with Gasteiger partial charge in [-0.05, 0) is 24.3 Å². The van der Waals surface area contributed by atoms with Crippen molar-refractivity contribution in [3.05, 3.63) is 54.1 Å². The summed E-state index contributed by atoms with van der Waals surface area (Å²) in [5, 5.41) is 13.3. The molecular weight excluding hydrogens is 296 g/mol. The predicted molar refractivity (Wildman–Crippen MR) is 83.6 cm³/mol. The van der Waals surface area contributed by atoms with Crippen LogP contribution in [0.15, 0.2) is 53.1 Å². The number of ether oxygens (including phenoxy) is 2. The lowest BCUT2D eigenvalue weighted by Gasteiger charge is -2.13. The molecule has 0 unspecified atom stereocenters. The van der Waals surface area contributed by atoms with Gasteiger partial charge in [-0.3, -0.25) is 0 Å². The number of rotatable bonds is 5. The molecule has 1 aromatic heterocycles. The van der Waals surface area contributed by atoms with Gasteiger partial charge in [-0.2, -0.15) is 4.98 Å². The van der Waals surface area contributed by atoms with Crippen molar-refractivity contribution < 1.29 is 19.1 Å². The minimum absolute atomic E-state index is 0.190. The molecule has 0 spiro atoms. The number of hydrogen-bond donors (Lipinski definition) is 1. The first kappa shape index (κ1) is 15.2. The van der Waals surface area contributed by atoms with Crippen molar-refractivity contribution in [2.75, 3.05) is 14.2 Å². The third-order valence-electron chi connectivity index (χ3n) is 3.41. The summed E-state index contributed by atoms with van der Waals surface area (Å²) in [6.07, 6.45) is -0.401. The minimum atomic E-state index is -0.401. The van der Waals surface area contributed by atoms with Gasteiger partial charge in [0, 0.05) is 30.9 Å². The monoisotopic (exact) mass is 312 g/mol. The average Bonchev–Trinajstić information content (AvgIpc) is 3.07. The second kappa shape index (κ2) is 6.60. The Morgan fingerprint density at radius 1 is 0.913 bits per heavy atom. The second-order valence-electron chi connectivity index (χ2n) is 4.90. The van der Waals surface area contributed by atoms with Gasteiger partial charge in [0.15, 0.2) is 6.29 Å². The number of hydrogen-bond acceptors (Lipinski definition) is 6. The van der Waals surface area contributed by atoms with Crippen LogP contribution in [0.2, 0.25) is 0 Å². The predicted octanol–water partition coefficient (Wildman–Crippen LogP) is 3.40. The number of phenolic OH excluding ortho intramolecular Hbond substituents is 1. The van der Waals surface area contributed by atoms with Crippen molar-refractivity contribution in [3.8, 4) is 28.6 Å². The maximum atomic E-state index is 9.31. The molecule has 0 saturated carbocycles. The van der Waals surface area contributed by atoms with E-state index < -0.39 is 6.29 Å². The van der Waals surface area contributed by atoms with Gasteiger partial charge >= 0.3 is 0 Å². The summed E-state index contributed by atoms with van der Waals surface area (Å²) in [5.41, 5.74) is 2.48. The highest BCUT2D eigenvalue weighted by atomic mass is 16.7. The van der Waals surface area contributed by atoms with Crippen LogP contribution in [-0.2, 0) is 9.47 Å². The van der Waals surface area contributed by atoms with Gasteiger partial charge in [-0.15, -0.1) is 0 Å². The van der Waals surface area contributed by atoms with Crippen molar-refractivity contribution in [1.82, 2.24) is 10.1 Å². The first-order valence-corrected chi connectivity index (χ1v) is 7.00. The molecule has 3 aromatic rings. The standard InChI is InChI=1S/C17H16N2O4/c1-21-17(22-2)13-5-3-11(4-6-13)15-18-16(23-19-15)12-7-9-14(20)10-8-12/h3-10,17,20H,1-2H3. The summed E-state index contributed by atoms with van der Waals surface area (Å²) in [4.78, 5) is 4.37. The van der Waals surface area contributed by atoms with Gasteiger partial charge in [-0.1, -0.05) is 29.4 Å². The van der Waals surface area contributed by atoms with Crippen LogP contribution in [-0.4, -0.2) is 29.5 Å². The van der Waals surface area contributed by atoms with Crippen molar-refractivity contribution in [2.45, 2.75) is 6.29 Å². The molecule has 0 aliphatic carbocycles. The lowest BCUT2D eigenvalue weighted by Crippen LogP contribution is -2.03. The third kappa shape index (κ3) is 3.23. The van der Waals surface area contributed by atoms with Crippen LogP contribution >= 0.6 is 0 Å². The molecule has 6 heteroatoms. The van der Waals surface area contributed by atoms with Crippen molar-refractivity contribution in [3.63, 3.8) is 0 Å². The quantitative estimate of drug-likeness (QED) is 0.728. The van der Waals surface area contributed by atoms with Gasteiger partial charge in [0.1, 0.15) is 5.75 Å². The summed E-state index contributed by atoms with van der Waals surface area (Å²) in [6, 6.07) is 14.1. The Hall–Kier alpha value is -2.70. The number of nitrogens with zero attached hydrogens (tertiary/aromatic N) is 2. The Labute approximate surface area is 133 Å². The average molecular weight is 312 g/mol. The molecule has 0 aliphatic heterocycles. The molecular formula is C17H16N2O4. The molecule has 1 heterocycles. The van der Waals surface area contributed by atoms with E-state index in [2.05, 4.69) is 10.1 Å². The van der Waals surface area contributed by atoms with Gasteiger partial charge in [0.2, 0.25) is 5.82 Å². The van der Waals surface area contributed by atoms with Crippen molar-refractivity contribution in [2.24, 2.45) is 0 Å². The highest BCUT2D eigenvalue weighted by Crippen LogP contribution is 2.25. The highest BCUT2D eigenvalue weighted by molar-refractivity contribution is 5.60. The maximum Gasteiger partial charge on any atom is 0.258 e. The number of phenols is 1. The largest absolute Gasteiger partial charge is 0.508 e.